The molecule has 0 spiro atoms. The fraction of sp³-hybridized carbons (Fsp3) is 0.828. The fourth-order valence-corrected chi connectivity index (χ4v) is 4.47. The second kappa shape index (κ2) is 13.7. The number of nitrogens with one attached hydrogen (secondary N) is 1. The first-order valence-electron chi connectivity index (χ1n) is 14.3. The summed E-state index contributed by atoms with van der Waals surface area (Å²) in [5, 5.41) is 2.78. The minimum absolute atomic E-state index is 0.125. The van der Waals surface area contributed by atoms with Crippen LogP contribution in [0.15, 0.2) is 0 Å². The molecule has 41 heavy (non-hydrogen) atoms. The third-order valence-electron chi connectivity index (χ3n) is 6.07. The van der Waals surface area contributed by atoms with Crippen LogP contribution in [-0.2, 0) is 23.8 Å². The lowest BCUT2D eigenvalue weighted by Crippen LogP contribution is -2.60. The predicted octanol–water partition coefficient (Wildman–Crippen LogP) is 4.55. The van der Waals surface area contributed by atoms with Gasteiger partial charge in [-0.25, -0.2) is 19.3 Å². The quantitative estimate of drug-likeness (QED) is 0.340. The Labute approximate surface area is 245 Å². The van der Waals surface area contributed by atoms with Gasteiger partial charge in [0.05, 0.1) is 18.0 Å². The van der Waals surface area contributed by atoms with Gasteiger partial charge in [-0.1, -0.05) is 6.92 Å². The number of esters is 1. The third-order valence-corrected chi connectivity index (χ3v) is 6.07. The van der Waals surface area contributed by atoms with Gasteiger partial charge < -0.3 is 29.3 Å². The van der Waals surface area contributed by atoms with Crippen LogP contribution >= 0.6 is 0 Å². The number of carbonyl (C=O) groups is 5. The predicted molar refractivity (Wildman–Crippen MR) is 154 cm³/mol. The van der Waals surface area contributed by atoms with Crippen LogP contribution in [0.2, 0.25) is 0 Å². The van der Waals surface area contributed by atoms with Gasteiger partial charge in [-0.2, -0.15) is 0 Å². The van der Waals surface area contributed by atoms with E-state index in [1.54, 1.807) is 74.1 Å². The van der Waals surface area contributed by atoms with Gasteiger partial charge in [0, 0.05) is 32.1 Å². The minimum Gasteiger partial charge on any atom is -0.460 e. The van der Waals surface area contributed by atoms with Crippen LogP contribution < -0.4 is 5.32 Å². The molecule has 236 valence electrons. The summed E-state index contributed by atoms with van der Waals surface area (Å²) in [6.45, 7) is 22.3. The Hall–Kier alpha value is -3.05. The van der Waals surface area contributed by atoms with Crippen molar-refractivity contribution in [1.29, 1.82) is 0 Å². The summed E-state index contributed by atoms with van der Waals surface area (Å²) in [7, 11) is 0. The molecular formula is C29H52N4O8. The lowest BCUT2D eigenvalue weighted by Gasteiger charge is -2.38. The normalized spacial score (nSPS) is 19.5. The lowest BCUT2D eigenvalue weighted by atomic mass is 9.96. The second-order valence-electron chi connectivity index (χ2n) is 13.5. The molecule has 1 aliphatic heterocycles. The Morgan fingerprint density at radius 2 is 1.29 bits per heavy atom. The molecule has 0 aromatic rings. The number of carbonyl (C=O) groups excluding carboxylic acids is 5. The number of nitrogens with zero attached hydrogens (tertiary/aromatic N) is 3. The van der Waals surface area contributed by atoms with Gasteiger partial charge >= 0.3 is 24.2 Å². The summed E-state index contributed by atoms with van der Waals surface area (Å²) < 4.78 is 16.9. The highest BCUT2D eigenvalue weighted by Gasteiger charge is 2.56. The molecule has 12 nitrogen and oxygen atoms in total. The summed E-state index contributed by atoms with van der Waals surface area (Å²) in [5.74, 6) is -2.14. The number of urea groups is 1. The molecule has 1 heterocycles. The molecule has 1 rings (SSSR count). The zero-order chi connectivity index (χ0) is 32.1. The molecule has 0 radical (unpaired) electrons. The van der Waals surface area contributed by atoms with E-state index >= 15 is 0 Å². The first-order chi connectivity index (χ1) is 18.5. The zero-order valence-electron chi connectivity index (χ0n) is 27.2. The van der Waals surface area contributed by atoms with E-state index < -0.39 is 59.0 Å². The monoisotopic (exact) mass is 584 g/mol. The average molecular weight is 585 g/mol. The number of imide groups is 1. The molecule has 12 heteroatoms. The number of ether oxygens (including phenoxy) is 3. The SMILES string of the molecule is CCC(=O)NC[C@H]1[C@H](N(C(=O)OC(C)(C)C)C(=O)OC(C)(C)C)[C@H](C(=O)OC(C)(C)C)CN1C(=O)N(CC)C(C)C. The minimum atomic E-state index is -1.26. The average Bonchev–Trinajstić information content (AvgIpc) is 3.13. The van der Waals surface area contributed by atoms with Gasteiger partial charge in [0.1, 0.15) is 16.8 Å². The highest BCUT2D eigenvalue weighted by molar-refractivity contribution is 5.91. The van der Waals surface area contributed by atoms with Crippen LogP contribution in [0.25, 0.3) is 0 Å². The standard InChI is InChI=1S/C29H52N4O8/c1-14-21(34)30-16-20-22(33(25(37)40-28(8,9)10)26(38)41-29(11,12)13)19(23(35)39-27(5,6)7)17-32(20)24(36)31(15-2)18(3)4/h18-20,22H,14-17H2,1-13H3,(H,30,34)/t19-,20+,22-/m1/s1. The molecule has 0 aliphatic carbocycles. The van der Waals surface area contributed by atoms with E-state index in [-0.39, 0.29) is 31.5 Å². The van der Waals surface area contributed by atoms with E-state index in [1.165, 1.54) is 4.90 Å². The van der Waals surface area contributed by atoms with E-state index in [2.05, 4.69) is 5.32 Å². The van der Waals surface area contributed by atoms with Crippen molar-refractivity contribution < 1.29 is 38.2 Å². The summed E-state index contributed by atoms with van der Waals surface area (Å²) in [6.07, 6.45) is -1.90. The van der Waals surface area contributed by atoms with E-state index in [4.69, 9.17) is 14.2 Å². The zero-order valence-corrected chi connectivity index (χ0v) is 27.2. The number of rotatable bonds is 7. The fourth-order valence-electron chi connectivity index (χ4n) is 4.47. The van der Waals surface area contributed by atoms with Crippen LogP contribution in [0.4, 0.5) is 14.4 Å². The van der Waals surface area contributed by atoms with Gasteiger partial charge in [-0.15, -0.1) is 0 Å². The van der Waals surface area contributed by atoms with Gasteiger partial charge in [0.25, 0.3) is 0 Å². The van der Waals surface area contributed by atoms with E-state index in [0.29, 0.717) is 6.54 Å². The smallest absolute Gasteiger partial charge is 0.420 e. The van der Waals surface area contributed by atoms with Crippen molar-refractivity contribution >= 4 is 30.1 Å². The van der Waals surface area contributed by atoms with Crippen molar-refractivity contribution in [3.63, 3.8) is 0 Å². The van der Waals surface area contributed by atoms with Crippen molar-refractivity contribution in [2.24, 2.45) is 5.92 Å². The number of hydrogen-bond donors (Lipinski definition) is 1. The first kappa shape index (κ1) is 36.0. The second-order valence-corrected chi connectivity index (χ2v) is 13.5. The molecule has 0 saturated carbocycles. The summed E-state index contributed by atoms with van der Waals surface area (Å²) >= 11 is 0. The van der Waals surface area contributed by atoms with Crippen LogP contribution in [0.3, 0.4) is 0 Å². The van der Waals surface area contributed by atoms with Gasteiger partial charge in [-0.05, 0) is 83.1 Å². The molecule has 1 N–H and O–H groups in total. The van der Waals surface area contributed by atoms with Crippen LogP contribution in [0.1, 0.15) is 96.4 Å². The lowest BCUT2D eigenvalue weighted by molar-refractivity contribution is -0.160. The molecule has 1 aliphatic rings. The maximum Gasteiger partial charge on any atom is 0.420 e. The molecule has 0 unspecified atom stereocenters. The van der Waals surface area contributed by atoms with Crippen molar-refractivity contribution in [3.8, 4) is 0 Å². The van der Waals surface area contributed by atoms with Gasteiger partial charge in [0.2, 0.25) is 5.91 Å². The Bertz CT molecular complexity index is 933. The van der Waals surface area contributed by atoms with Crippen molar-refractivity contribution in [1.82, 2.24) is 20.0 Å². The molecule has 5 amide bonds. The Kier molecular flexibility index (Phi) is 12.1. The maximum atomic E-state index is 13.9. The molecule has 0 bridgehead atoms. The van der Waals surface area contributed by atoms with Crippen molar-refractivity contribution in [3.05, 3.63) is 0 Å². The Morgan fingerprint density at radius 1 is 0.829 bits per heavy atom. The Morgan fingerprint density at radius 3 is 1.66 bits per heavy atom. The molecule has 0 aromatic carbocycles. The highest BCUT2D eigenvalue weighted by Crippen LogP contribution is 2.34. The number of likely N-dealkylation sites (tertiary alicyclic amines) is 1. The number of hydrogen-bond acceptors (Lipinski definition) is 8. The van der Waals surface area contributed by atoms with E-state index in [0.717, 1.165) is 4.90 Å². The van der Waals surface area contributed by atoms with Gasteiger partial charge in [0.15, 0.2) is 0 Å². The highest BCUT2D eigenvalue weighted by atomic mass is 16.6. The largest absolute Gasteiger partial charge is 0.460 e. The van der Waals surface area contributed by atoms with Crippen LogP contribution in [0, 0.1) is 5.92 Å². The summed E-state index contributed by atoms with van der Waals surface area (Å²) in [5.41, 5.74) is -2.87. The molecule has 3 atom stereocenters. The maximum absolute atomic E-state index is 13.9. The van der Waals surface area contributed by atoms with E-state index in [1.807, 2.05) is 20.8 Å². The molecular weight excluding hydrogens is 532 g/mol. The van der Waals surface area contributed by atoms with E-state index in [9.17, 15) is 24.0 Å². The third kappa shape index (κ3) is 10.7. The topological polar surface area (TPSA) is 135 Å². The van der Waals surface area contributed by atoms with Gasteiger partial charge in [-0.3, -0.25) is 9.59 Å². The van der Waals surface area contributed by atoms with Crippen molar-refractivity contribution in [2.45, 2.75) is 131 Å². The summed E-state index contributed by atoms with van der Waals surface area (Å²) in [4.78, 5) is 71.1. The molecule has 1 fully saturated rings. The molecule has 0 aromatic heterocycles. The summed E-state index contributed by atoms with van der Waals surface area (Å²) in [6, 6.07) is -2.82. The van der Waals surface area contributed by atoms with Crippen LogP contribution in [0.5, 0.6) is 0 Å². The first-order valence-corrected chi connectivity index (χ1v) is 14.3. The Balaban J connectivity index is 3.90. The molecule has 1 saturated heterocycles. The van der Waals surface area contributed by atoms with Crippen molar-refractivity contribution in [2.75, 3.05) is 19.6 Å². The van der Waals surface area contributed by atoms with Crippen LogP contribution in [-0.4, -0.2) is 99.4 Å². The number of amides is 5.